The third-order valence-corrected chi connectivity index (χ3v) is 6.57. The van der Waals surface area contributed by atoms with E-state index in [2.05, 4.69) is 32.9 Å². The van der Waals surface area contributed by atoms with Crippen molar-refractivity contribution in [3.8, 4) is 0 Å². The van der Waals surface area contributed by atoms with Gasteiger partial charge in [-0.2, -0.15) is 0 Å². The van der Waals surface area contributed by atoms with Crippen molar-refractivity contribution in [1.29, 1.82) is 0 Å². The molecule has 0 unspecified atom stereocenters. The molecule has 25 heavy (non-hydrogen) atoms. The Kier molecular flexibility index (Phi) is 5.00. The third-order valence-electron chi connectivity index (χ3n) is 6.57. The number of carbonyl (C=O) groups excluding carboxylic acids is 1. The van der Waals surface area contributed by atoms with Crippen LogP contribution in [0, 0.1) is 11.3 Å². The smallest absolute Gasteiger partial charge is 0.169 e. The molecule has 140 valence electrons. The van der Waals surface area contributed by atoms with E-state index in [0.717, 1.165) is 25.5 Å². The molecule has 3 rings (SSSR count). The molecule has 0 radical (unpaired) electrons. The molecule has 1 aliphatic carbocycles. The first-order chi connectivity index (χ1) is 11.8. The third kappa shape index (κ3) is 3.02. The van der Waals surface area contributed by atoms with E-state index in [-0.39, 0.29) is 17.4 Å². The highest BCUT2D eigenvalue weighted by molar-refractivity contribution is 5.52. The van der Waals surface area contributed by atoms with E-state index in [4.69, 9.17) is 14.2 Å². The number of hydrogen-bond donors (Lipinski definition) is 0. The van der Waals surface area contributed by atoms with Crippen molar-refractivity contribution in [1.82, 2.24) is 0 Å². The Morgan fingerprint density at radius 2 is 2.16 bits per heavy atom. The Balaban J connectivity index is 1.97. The molecule has 0 aromatic carbocycles. The number of ether oxygens (including phenoxy) is 3. The van der Waals surface area contributed by atoms with Crippen molar-refractivity contribution in [3.05, 3.63) is 23.3 Å². The van der Waals surface area contributed by atoms with Gasteiger partial charge in [0.2, 0.25) is 0 Å². The van der Waals surface area contributed by atoms with Gasteiger partial charge in [0.25, 0.3) is 0 Å². The van der Waals surface area contributed by atoms with E-state index in [1.807, 2.05) is 6.92 Å². The fraction of sp³-hybridized carbons (Fsp3) is 0.762. The highest BCUT2D eigenvalue weighted by Crippen LogP contribution is 2.61. The number of methoxy groups -OCH3 is 1. The number of allylic oxidation sites excluding steroid dienone is 3. The molecule has 0 aromatic rings. The maximum Gasteiger partial charge on any atom is 0.169 e. The van der Waals surface area contributed by atoms with Crippen LogP contribution in [0.25, 0.3) is 0 Å². The summed E-state index contributed by atoms with van der Waals surface area (Å²) in [4.78, 5) is 11.6. The molecule has 0 bridgehead atoms. The molecule has 3 aliphatic rings. The molecule has 4 nitrogen and oxygen atoms in total. The van der Waals surface area contributed by atoms with E-state index < -0.39 is 11.4 Å². The molecule has 1 spiro atoms. The second-order valence-electron chi connectivity index (χ2n) is 8.60. The molecule has 0 N–H and O–H groups in total. The summed E-state index contributed by atoms with van der Waals surface area (Å²) in [5, 5.41) is 0. The van der Waals surface area contributed by atoms with Crippen LogP contribution in [0.4, 0.5) is 0 Å². The van der Waals surface area contributed by atoms with E-state index in [1.54, 1.807) is 7.11 Å². The number of hydrogen-bond acceptors (Lipinski definition) is 4. The fourth-order valence-corrected chi connectivity index (χ4v) is 5.11. The Morgan fingerprint density at radius 1 is 1.40 bits per heavy atom. The molecule has 4 heteroatoms. The van der Waals surface area contributed by atoms with Crippen molar-refractivity contribution < 1.29 is 19.0 Å². The van der Waals surface area contributed by atoms with Gasteiger partial charge in [0.15, 0.2) is 5.79 Å². The zero-order valence-corrected chi connectivity index (χ0v) is 16.3. The molecule has 2 heterocycles. The summed E-state index contributed by atoms with van der Waals surface area (Å²) >= 11 is 0. The van der Waals surface area contributed by atoms with Crippen LogP contribution in [0.2, 0.25) is 0 Å². The van der Waals surface area contributed by atoms with Gasteiger partial charge in [-0.15, -0.1) is 0 Å². The Bertz CT molecular complexity index is 591. The van der Waals surface area contributed by atoms with E-state index in [1.165, 1.54) is 11.1 Å². The van der Waals surface area contributed by atoms with Gasteiger partial charge in [0.1, 0.15) is 11.9 Å². The SMILES string of the molecule is CO[C@]1(C)C[C@@H]2OCC3=CC[C@](C)(CCC=C(C)C)[C@@H](CC=O)[C@]32O1. The van der Waals surface area contributed by atoms with E-state index >= 15 is 0 Å². The summed E-state index contributed by atoms with van der Waals surface area (Å²) < 4.78 is 18.4. The summed E-state index contributed by atoms with van der Waals surface area (Å²) in [6.45, 7) is 9.17. The fourth-order valence-electron chi connectivity index (χ4n) is 5.11. The zero-order valence-electron chi connectivity index (χ0n) is 16.3. The molecule has 5 atom stereocenters. The molecular weight excluding hydrogens is 316 g/mol. The first-order valence-corrected chi connectivity index (χ1v) is 9.43. The molecule has 0 saturated carbocycles. The van der Waals surface area contributed by atoms with Crippen LogP contribution in [0.15, 0.2) is 23.3 Å². The maximum absolute atomic E-state index is 11.6. The predicted octanol–water partition coefficient (Wildman–Crippen LogP) is 4.19. The van der Waals surface area contributed by atoms with Gasteiger partial charge in [-0.25, -0.2) is 0 Å². The topological polar surface area (TPSA) is 44.8 Å². The zero-order chi connectivity index (χ0) is 18.3. The second kappa shape index (κ2) is 6.64. The quantitative estimate of drug-likeness (QED) is 0.533. The Morgan fingerprint density at radius 3 is 2.80 bits per heavy atom. The van der Waals surface area contributed by atoms with Gasteiger partial charge in [-0.1, -0.05) is 24.6 Å². The number of carbonyl (C=O) groups is 1. The molecular formula is C21H32O4. The van der Waals surface area contributed by atoms with E-state index in [9.17, 15) is 4.79 Å². The van der Waals surface area contributed by atoms with Gasteiger partial charge in [-0.3, -0.25) is 0 Å². The maximum atomic E-state index is 11.6. The van der Waals surface area contributed by atoms with Crippen LogP contribution >= 0.6 is 0 Å². The first kappa shape index (κ1) is 18.8. The highest BCUT2D eigenvalue weighted by atomic mass is 16.7. The summed E-state index contributed by atoms with van der Waals surface area (Å²) in [7, 11) is 1.69. The summed E-state index contributed by atoms with van der Waals surface area (Å²) in [6.07, 6.45) is 9.88. The lowest BCUT2D eigenvalue weighted by Crippen LogP contribution is -2.54. The standard InChI is InChI=1S/C21H32O4/c1-15(2)7-6-10-19(3)11-8-16-14-24-18-13-20(4,23-5)25-21(16,18)17(19)9-12-22/h7-8,12,17-18H,6,9-11,13-14H2,1-5H3/t17-,18+,19+,20+,21-/m1/s1. The molecule has 2 aliphatic heterocycles. The average molecular weight is 348 g/mol. The minimum absolute atomic E-state index is 0.0152. The van der Waals surface area contributed by atoms with Crippen LogP contribution in [0.5, 0.6) is 0 Å². The van der Waals surface area contributed by atoms with Gasteiger partial charge < -0.3 is 19.0 Å². The van der Waals surface area contributed by atoms with E-state index in [0.29, 0.717) is 19.4 Å². The molecule has 2 saturated heterocycles. The molecule has 0 aromatic heterocycles. The number of rotatable bonds is 6. The normalized spacial score (nSPS) is 42.5. The van der Waals surface area contributed by atoms with Gasteiger partial charge in [-0.05, 0) is 51.0 Å². The molecule has 2 fully saturated rings. The second-order valence-corrected chi connectivity index (χ2v) is 8.60. The summed E-state index contributed by atoms with van der Waals surface area (Å²) in [6, 6.07) is 0. The van der Waals surface area contributed by atoms with Crippen molar-refractivity contribution >= 4 is 6.29 Å². The molecule has 0 amide bonds. The largest absolute Gasteiger partial charge is 0.370 e. The minimum Gasteiger partial charge on any atom is -0.370 e. The van der Waals surface area contributed by atoms with Crippen LogP contribution in [-0.2, 0) is 19.0 Å². The summed E-state index contributed by atoms with van der Waals surface area (Å²) in [5.41, 5.74) is 2.06. The van der Waals surface area contributed by atoms with Crippen LogP contribution in [0.1, 0.15) is 59.8 Å². The lowest BCUT2D eigenvalue weighted by molar-refractivity contribution is -0.241. The van der Waals surface area contributed by atoms with Crippen molar-refractivity contribution in [2.75, 3.05) is 13.7 Å². The first-order valence-electron chi connectivity index (χ1n) is 9.43. The Hall–Kier alpha value is -0.970. The minimum atomic E-state index is -0.649. The lowest BCUT2D eigenvalue weighted by Gasteiger charge is -2.50. The monoisotopic (exact) mass is 348 g/mol. The summed E-state index contributed by atoms with van der Waals surface area (Å²) in [5.74, 6) is -0.531. The number of aldehydes is 1. The van der Waals surface area contributed by atoms with Crippen LogP contribution < -0.4 is 0 Å². The highest BCUT2D eigenvalue weighted by Gasteiger charge is 2.67. The van der Waals surface area contributed by atoms with Gasteiger partial charge in [0, 0.05) is 25.9 Å². The van der Waals surface area contributed by atoms with Crippen molar-refractivity contribution in [2.45, 2.75) is 77.3 Å². The van der Waals surface area contributed by atoms with Gasteiger partial charge >= 0.3 is 0 Å². The lowest BCUT2D eigenvalue weighted by atomic mass is 9.57. The predicted molar refractivity (Wildman–Crippen MR) is 97.2 cm³/mol. The Labute approximate surface area is 151 Å². The van der Waals surface area contributed by atoms with Crippen molar-refractivity contribution in [3.63, 3.8) is 0 Å². The van der Waals surface area contributed by atoms with Crippen molar-refractivity contribution in [2.24, 2.45) is 11.3 Å². The van der Waals surface area contributed by atoms with Crippen LogP contribution in [0.3, 0.4) is 0 Å². The average Bonchev–Trinajstić information content (AvgIpc) is 3.02. The van der Waals surface area contributed by atoms with Gasteiger partial charge in [0.05, 0.1) is 12.7 Å². The van der Waals surface area contributed by atoms with Crippen LogP contribution in [-0.4, -0.2) is 37.5 Å².